The van der Waals surface area contributed by atoms with Gasteiger partial charge in [-0.05, 0) is 27.7 Å². The first-order valence-corrected chi connectivity index (χ1v) is 6.29. The number of carbonyl (C=O) groups is 1. The molecule has 0 aromatic carbocycles. The van der Waals surface area contributed by atoms with Crippen molar-refractivity contribution in [1.82, 2.24) is 15.5 Å². The average Bonchev–Trinajstić information content (AvgIpc) is 2.27. The number of hydrogen-bond acceptors (Lipinski definition) is 3. The van der Waals surface area contributed by atoms with Gasteiger partial charge in [-0.3, -0.25) is 4.90 Å². The molecule has 100 valence electrons. The van der Waals surface area contributed by atoms with Crippen molar-refractivity contribution in [2.45, 2.75) is 39.3 Å². The second-order valence-electron chi connectivity index (χ2n) is 5.39. The van der Waals surface area contributed by atoms with Crippen molar-refractivity contribution in [3.8, 4) is 0 Å². The molecule has 0 radical (unpaired) electrons. The topological polar surface area (TPSA) is 53.6 Å². The number of ether oxygens (including phenoxy) is 1. The Labute approximate surface area is 104 Å². The summed E-state index contributed by atoms with van der Waals surface area (Å²) in [4.78, 5) is 13.9. The summed E-state index contributed by atoms with van der Waals surface area (Å²) in [5, 5.41) is 5.74. The second-order valence-corrected chi connectivity index (χ2v) is 5.39. The maximum absolute atomic E-state index is 11.5. The standard InChI is InChI=1S/C12H25N3O2/c1-10(2)14-11(16)13-9-12(3,4)15-5-7-17-8-6-15/h10H,5-9H2,1-4H3,(H2,13,14,16). The minimum absolute atomic E-state index is 0.0297. The van der Waals surface area contributed by atoms with Crippen LogP contribution in [0.2, 0.25) is 0 Å². The van der Waals surface area contributed by atoms with Gasteiger partial charge in [0.1, 0.15) is 0 Å². The third kappa shape index (κ3) is 4.91. The van der Waals surface area contributed by atoms with Crippen LogP contribution in [0.5, 0.6) is 0 Å². The summed E-state index contributed by atoms with van der Waals surface area (Å²) in [7, 11) is 0. The van der Waals surface area contributed by atoms with Crippen LogP contribution in [-0.2, 0) is 4.74 Å². The lowest BCUT2D eigenvalue weighted by molar-refractivity contribution is -0.00875. The van der Waals surface area contributed by atoms with Gasteiger partial charge in [0.25, 0.3) is 0 Å². The van der Waals surface area contributed by atoms with Crippen molar-refractivity contribution >= 4 is 6.03 Å². The Kier molecular flexibility index (Phi) is 5.21. The zero-order chi connectivity index (χ0) is 12.9. The van der Waals surface area contributed by atoms with E-state index in [2.05, 4.69) is 29.4 Å². The predicted octanol–water partition coefficient (Wildman–Crippen LogP) is 0.805. The van der Waals surface area contributed by atoms with Gasteiger partial charge in [0.2, 0.25) is 0 Å². The van der Waals surface area contributed by atoms with E-state index in [4.69, 9.17) is 4.74 Å². The normalized spacial score (nSPS) is 18.2. The third-order valence-corrected chi connectivity index (χ3v) is 2.97. The van der Waals surface area contributed by atoms with E-state index in [0.717, 1.165) is 26.3 Å². The molecule has 2 N–H and O–H groups in total. The van der Waals surface area contributed by atoms with E-state index in [1.165, 1.54) is 0 Å². The number of nitrogens with one attached hydrogen (secondary N) is 2. The highest BCUT2D eigenvalue weighted by molar-refractivity contribution is 5.74. The number of carbonyl (C=O) groups excluding carboxylic acids is 1. The molecule has 1 fully saturated rings. The molecule has 1 heterocycles. The molecule has 5 nitrogen and oxygen atoms in total. The van der Waals surface area contributed by atoms with Gasteiger partial charge in [0.05, 0.1) is 13.2 Å². The van der Waals surface area contributed by atoms with E-state index >= 15 is 0 Å². The molecule has 0 spiro atoms. The van der Waals surface area contributed by atoms with E-state index in [1.54, 1.807) is 0 Å². The summed E-state index contributed by atoms with van der Waals surface area (Å²) in [6, 6.07) is 0.0721. The molecule has 0 atom stereocenters. The van der Waals surface area contributed by atoms with Crippen LogP contribution >= 0.6 is 0 Å². The Morgan fingerprint density at radius 1 is 1.35 bits per heavy atom. The van der Waals surface area contributed by atoms with Crippen LogP contribution in [0.1, 0.15) is 27.7 Å². The van der Waals surface area contributed by atoms with Crippen molar-refractivity contribution in [3.63, 3.8) is 0 Å². The van der Waals surface area contributed by atoms with Crippen LogP contribution in [0.25, 0.3) is 0 Å². The van der Waals surface area contributed by atoms with Crippen LogP contribution in [-0.4, -0.2) is 55.4 Å². The van der Waals surface area contributed by atoms with Crippen molar-refractivity contribution in [2.24, 2.45) is 0 Å². The van der Waals surface area contributed by atoms with Crippen LogP contribution in [0, 0.1) is 0 Å². The molecule has 0 aromatic rings. The van der Waals surface area contributed by atoms with Crippen molar-refractivity contribution < 1.29 is 9.53 Å². The Morgan fingerprint density at radius 3 is 2.47 bits per heavy atom. The summed E-state index contributed by atoms with van der Waals surface area (Å²) < 4.78 is 5.33. The number of amides is 2. The molecule has 1 saturated heterocycles. The highest BCUT2D eigenvalue weighted by Crippen LogP contribution is 2.14. The minimum Gasteiger partial charge on any atom is -0.379 e. The van der Waals surface area contributed by atoms with Gasteiger partial charge in [-0.25, -0.2) is 4.79 Å². The van der Waals surface area contributed by atoms with Crippen molar-refractivity contribution in [1.29, 1.82) is 0 Å². The quantitative estimate of drug-likeness (QED) is 0.768. The summed E-state index contributed by atoms with van der Waals surface area (Å²) in [6.45, 7) is 12.3. The summed E-state index contributed by atoms with van der Waals surface area (Å²) >= 11 is 0. The Hall–Kier alpha value is -0.810. The molecule has 5 heteroatoms. The Morgan fingerprint density at radius 2 is 1.94 bits per heavy atom. The largest absolute Gasteiger partial charge is 0.379 e. The molecule has 2 amide bonds. The first-order valence-electron chi connectivity index (χ1n) is 6.29. The van der Waals surface area contributed by atoms with Crippen molar-refractivity contribution in [2.75, 3.05) is 32.8 Å². The number of urea groups is 1. The van der Waals surface area contributed by atoms with Crippen LogP contribution in [0.15, 0.2) is 0 Å². The molecule has 0 aromatic heterocycles. The number of rotatable bonds is 4. The summed E-state index contributed by atoms with van der Waals surface area (Å²) in [5.74, 6) is 0. The second kappa shape index (κ2) is 6.21. The molecule has 1 aliphatic rings. The van der Waals surface area contributed by atoms with Gasteiger partial charge >= 0.3 is 6.03 Å². The zero-order valence-corrected chi connectivity index (χ0v) is 11.4. The fourth-order valence-electron chi connectivity index (χ4n) is 1.89. The average molecular weight is 243 g/mol. The van der Waals surface area contributed by atoms with Gasteiger partial charge in [-0.2, -0.15) is 0 Å². The molecule has 1 rings (SSSR count). The van der Waals surface area contributed by atoms with E-state index in [1.807, 2.05) is 13.8 Å². The molecule has 0 unspecified atom stereocenters. The highest BCUT2D eigenvalue weighted by atomic mass is 16.5. The lowest BCUT2D eigenvalue weighted by Crippen LogP contribution is -2.56. The predicted molar refractivity (Wildman–Crippen MR) is 68.1 cm³/mol. The van der Waals surface area contributed by atoms with E-state index in [-0.39, 0.29) is 17.6 Å². The number of nitrogens with zero attached hydrogens (tertiary/aromatic N) is 1. The summed E-state index contributed by atoms with van der Waals surface area (Å²) in [5.41, 5.74) is -0.0297. The van der Waals surface area contributed by atoms with E-state index < -0.39 is 0 Å². The fraction of sp³-hybridized carbons (Fsp3) is 0.917. The lowest BCUT2D eigenvalue weighted by atomic mass is 10.0. The van der Waals surface area contributed by atoms with Crippen LogP contribution in [0.3, 0.4) is 0 Å². The van der Waals surface area contributed by atoms with Gasteiger partial charge in [0.15, 0.2) is 0 Å². The molecular weight excluding hydrogens is 218 g/mol. The number of morpholine rings is 1. The van der Waals surface area contributed by atoms with Gasteiger partial charge in [-0.15, -0.1) is 0 Å². The first kappa shape index (κ1) is 14.3. The Bertz CT molecular complexity index is 248. The van der Waals surface area contributed by atoms with Crippen LogP contribution in [0.4, 0.5) is 4.79 Å². The number of hydrogen-bond donors (Lipinski definition) is 2. The van der Waals surface area contributed by atoms with Gasteiger partial charge in [-0.1, -0.05) is 0 Å². The smallest absolute Gasteiger partial charge is 0.315 e. The third-order valence-electron chi connectivity index (χ3n) is 2.97. The maximum atomic E-state index is 11.5. The zero-order valence-electron chi connectivity index (χ0n) is 11.4. The fourth-order valence-corrected chi connectivity index (χ4v) is 1.89. The summed E-state index contributed by atoms with van der Waals surface area (Å²) in [6.07, 6.45) is 0. The van der Waals surface area contributed by atoms with E-state index in [0.29, 0.717) is 6.54 Å². The molecule has 17 heavy (non-hydrogen) atoms. The van der Waals surface area contributed by atoms with E-state index in [9.17, 15) is 4.79 Å². The van der Waals surface area contributed by atoms with Crippen molar-refractivity contribution in [3.05, 3.63) is 0 Å². The SMILES string of the molecule is CC(C)NC(=O)NCC(C)(C)N1CCOCC1. The van der Waals surface area contributed by atoms with Crippen LogP contribution < -0.4 is 10.6 Å². The molecule has 0 bridgehead atoms. The highest BCUT2D eigenvalue weighted by Gasteiger charge is 2.28. The Balaban J connectivity index is 2.35. The maximum Gasteiger partial charge on any atom is 0.315 e. The minimum atomic E-state index is -0.0960. The monoisotopic (exact) mass is 243 g/mol. The molecular formula is C12H25N3O2. The molecule has 0 saturated carbocycles. The van der Waals surface area contributed by atoms with Gasteiger partial charge < -0.3 is 15.4 Å². The van der Waals surface area contributed by atoms with Gasteiger partial charge in [0, 0.05) is 31.2 Å². The lowest BCUT2D eigenvalue weighted by Gasteiger charge is -2.40. The molecule has 0 aliphatic carbocycles. The first-order chi connectivity index (χ1) is 7.92. The molecule has 1 aliphatic heterocycles.